The summed E-state index contributed by atoms with van der Waals surface area (Å²) in [4.78, 5) is 0. The van der Waals surface area contributed by atoms with Crippen LogP contribution in [0.15, 0.2) is 29.0 Å². The first-order chi connectivity index (χ1) is 4.57. The Morgan fingerprint density at radius 1 is 1.40 bits per heavy atom. The average molecular weight is 138 g/mol. The maximum atomic E-state index is 8.62. The molecule has 0 aliphatic heterocycles. The Bertz CT molecular complexity index is 193. The number of hydrogen-bond donors (Lipinski definition) is 1. The Balaban J connectivity index is 4.57. The van der Waals surface area contributed by atoms with E-state index in [1.165, 1.54) is 0 Å². The molecule has 0 rings (SSSR count). The zero-order valence-corrected chi connectivity index (χ0v) is 6.86. The number of aliphatic hydroxyl groups is 1. The van der Waals surface area contributed by atoms with E-state index in [0.29, 0.717) is 0 Å². The van der Waals surface area contributed by atoms with Crippen molar-refractivity contribution in [3.63, 3.8) is 0 Å². The van der Waals surface area contributed by atoms with Gasteiger partial charge in [-0.05, 0) is 37.5 Å². The SMILES string of the molecule is C=C(C)C(C)=C=C(C)CO. The summed E-state index contributed by atoms with van der Waals surface area (Å²) in [5.74, 6) is 0. The lowest BCUT2D eigenvalue weighted by atomic mass is 10.1. The summed E-state index contributed by atoms with van der Waals surface area (Å²) in [6.45, 7) is 9.52. The van der Waals surface area contributed by atoms with Crippen molar-refractivity contribution in [2.45, 2.75) is 20.8 Å². The molecule has 0 amide bonds. The third kappa shape index (κ3) is 3.29. The van der Waals surface area contributed by atoms with Crippen molar-refractivity contribution in [3.8, 4) is 0 Å². The summed E-state index contributed by atoms with van der Waals surface area (Å²) in [6, 6.07) is 0. The molecule has 0 heterocycles. The van der Waals surface area contributed by atoms with Crippen molar-refractivity contribution in [1.29, 1.82) is 0 Å². The molecule has 56 valence electrons. The van der Waals surface area contributed by atoms with Gasteiger partial charge in [-0.15, -0.1) is 5.73 Å². The predicted octanol–water partition coefficient (Wildman–Crippen LogP) is 2.05. The molecule has 0 bridgehead atoms. The number of aliphatic hydroxyl groups excluding tert-OH is 1. The molecular formula is C9H14O. The van der Waals surface area contributed by atoms with Crippen molar-refractivity contribution in [2.75, 3.05) is 6.61 Å². The van der Waals surface area contributed by atoms with Crippen LogP contribution in [0.25, 0.3) is 0 Å². The molecular weight excluding hydrogens is 124 g/mol. The van der Waals surface area contributed by atoms with Crippen molar-refractivity contribution < 1.29 is 5.11 Å². The van der Waals surface area contributed by atoms with Gasteiger partial charge in [-0.3, -0.25) is 0 Å². The monoisotopic (exact) mass is 138 g/mol. The molecule has 1 N–H and O–H groups in total. The summed E-state index contributed by atoms with van der Waals surface area (Å²) >= 11 is 0. The van der Waals surface area contributed by atoms with E-state index < -0.39 is 0 Å². The topological polar surface area (TPSA) is 20.2 Å². The Hall–Kier alpha value is -0.780. The molecule has 0 radical (unpaired) electrons. The van der Waals surface area contributed by atoms with Crippen LogP contribution in [0.3, 0.4) is 0 Å². The van der Waals surface area contributed by atoms with Crippen molar-refractivity contribution in [2.24, 2.45) is 0 Å². The molecule has 0 saturated heterocycles. The Kier molecular flexibility index (Phi) is 3.78. The van der Waals surface area contributed by atoms with Gasteiger partial charge in [-0.2, -0.15) is 0 Å². The molecule has 10 heavy (non-hydrogen) atoms. The van der Waals surface area contributed by atoms with Gasteiger partial charge in [-0.1, -0.05) is 6.58 Å². The van der Waals surface area contributed by atoms with Crippen LogP contribution in [0.5, 0.6) is 0 Å². The largest absolute Gasteiger partial charge is 0.391 e. The van der Waals surface area contributed by atoms with Gasteiger partial charge in [0.15, 0.2) is 0 Å². The summed E-state index contributed by atoms with van der Waals surface area (Å²) in [6.07, 6.45) is 0. The highest BCUT2D eigenvalue weighted by molar-refractivity contribution is 5.24. The molecule has 0 fully saturated rings. The molecule has 0 aliphatic carbocycles. The maximum absolute atomic E-state index is 8.62. The minimum atomic E-state index is 0.0740. The van der Waals surface area contributed by atoms with Crippen molar-refractivity contribution in [3.05, 3.63) is 29.0 Å². The van der Waals surface area contributed by atoms with E-state index in [2.05, 4.69) is 12.3 Å². The molecule has 0 aromatic carbocycles. The molecule has 0 aromatic rings. The number of hydrogen-bond acceptors (Lipinski definition) is 1. The fourth-order valence-electron chi connectivity index (χ4n) is 0.466. The van der Waals surface area contributed by atoms with Crippen LogP contribution in [-0.2, 0) is 0 Å². The zero-order chi connectivity index (χ0) is 8.15. The fraction of sp³-hybridized carbons (Fsp3) is 0.444. The highest BCUT2D eigenvalue weighted by atomic mass is 16.3. The predicted molar refractivity (Wildman–Crippen MR) is 43.8 cm³/mol. The van der Waals surface area contributed by atoms with Crippen LogP contribution >= 0.6 is 0 Å². The third-order valence-corrected chi connectivity index (χ3v) is 1.28. The molecule has 1 nitrogen and oxygen atoms in total. The quantitative estimate of drug-likeness (QED) is 0.457. The van der Waals surface area contributed by atoms with Gasteiger partial charge in [0.1, 0.15) is 0 Å². The standard InChI is InChI=1S/C9H14O/c1-7(2)9(4)5-8(3)6-10/h10H,1,6H2,2-4H3. The van der Waals surface area contributed by atoms with Gasteiger partial charge < -0.3 is 5.11 Å². The molecule has 0 unspecified atom stereocenters. The summed E-state index contributed by atoms with van der Waals surface area (Å²) in [5.41, 5.74) is 5.86. The summed E-state index contributed by atoms with van der Waals surface area (Å²) in [7, 11) is 0. The summed E-state index contributed by atoms with van der Waals surface area (Å²) < 4.78 is 0. The van der Waals surface area contributed by atoms with E-state index in [1.807, 2.05) is 20.8 Å². The van der Waals surface area contributed by atoms with E-state index in [9.17, 15) is 0 Å². The lowest BCUT2D eigenvalue weighted by Gasteiger charge is -1.93. The van der Waals surface area contributed by atoms with Crippen molar-refractivity contribution in [1.82, 2.24) is 0 Å². The van der Waals surface area contributed by atoms with Gasteiger partial charge in [0.2, 0.25) is 0 Å². The van der Waals surface area contributed by atoms with Crippen LogP contribution in [-0.4, -0.2) is 11.7 Å². The Morgan fingerprint density at radius 2 is 1.90 bits per heavy atom. The van der Waals surface area contributed by atoms with E-state index in [0.717, 1.165) is 16.7 Å². The highest BCUT2D eigenvalue weighted by Crippen LogP contribution is 2.03. The average Bonchev–Trinajstić information content (AvgIpc) is 1.87. The van der Waals surface area contributed by atoms with Gasteiger partial charge in [0.05, 0.1) is 6.61 Å². The minimum absolute atomic E-state index is 0.0740. The first-order valence-corrected chi connectivity index (χ1v) is 3.27. The Labute approximate surface area is 62.4 Å². The molecule has 0 saturated carbocycles. The van der Waals surface area contributed by atoms with E-state index in [4.69, 9.17) is 5.11 Å². The lowest BCUT2D eigenvalue weighted by molar-refractivity contribution is 0.331. The lowest BCUT2D eigenvalue weighted by Crippen LogP contribution is -1.82. The van der Waals surface area contributed by atoms with Crippen molar-refractivity contribution >= 4 is 0 Å². The second-order valence-corrected chi connectivity index (χ2v) is 2.47. The van der Waals surface area contributed by atoms with Gasteiger partial charge >= 0.3 is 0 Å². The second kappa shape index (κ2) is 4.10. The zero-order valence-electron chi connectivity index (χ0n) is 6.86. The summed E-state index contributed by atoms with van der Waals surface area (Å²) in [5, 5.41) is 8.62. The van der Waals surface area contributed by atoms with Gasteiger partial charge in [-0.25, -0.2) is 0 Å². The fourth-order valence-corrected chi connectivity index (χ4v) is 0.466. The van der Waals surface area contributed by atoms with Crippen LogP contribution < -0.4 is 0 Å². The smallest absolute Gasteiger partial charge is 0.0713 e. The molecule has 0 aliphatic rings. The van der Waals surface area contributed by atoms with Crippen LogP contribution in [0, 0.1) is 0 Å². The second-order valence-electron chi connectivity index (χ2n) is 2.47. The third-order valence-electron chi connectivity index (χ3n) is 1.28. The maximum Gasteiger partial charge on any atom is 0.0713 e. The minimum Gasteiger partial charge on any atom is -0.391 e. The van der Waals surface area contributed by atoms with E-state index in [-0.39, 0.29) is 6.61 Å². The number of allylic oxidation sites excluding steroid dienone is 1. The van der Waals surface area contributed by atoms with E-state index >= 15 is 0 Å². The van der Waals surface area contributed by atoms with Gasteiger partial charge in [0.25, 0.3) is 0 Å². The number of rotatable bonds is 2. The first kappa shape index (κ1) is 9.22. The van der Waals surface area contributed by atoms with Gasteiger partial charge in [0, 0.05) is 0 Å². The highest BCUT2D eigenvalue weighted by Gasteiger charge is 1.86. The molecule has 1 heteroatoms. The Morgan fingerprint density at radius 3 is 2.20 bits per heavy atom. The molecule has 0 spiro atoms. The van der Waals surface area contributed by atoms with E-state index in [1.54, 1.807) is 0 Å². The molecule has 0 atom stereocenters. The first-order valence-electron chi connectivity index (χ1n) is 3.27. The molecule has 0 aromatic heterocycles. The van der Waals surface area contributed by atoms with Crippen LogP contribution in [0.2, 0.25) is 0 Å². The van der Waals surface area contributed by atoms with Crippen LogP contribution in [0.4, 0.5) is 0 Å². The normalized spacial score (nSPS) is 8.40. The van der Waals surface area contributed by atoms with Crippen LogP contribution in [0.1, 0.15) is 20.8 Å².